The van der Waals surface area contributed by atoms with Crippen LogP contribution in [0.25, 0.3) is 0 Å². The van der Waals surface area contributed by atoms with E-state index in [0.717, 1.165) is 0 Å². The second-order valence-electron chi connectivity index (χ2n) is 5.70. The van der Waals surface area contributed by atoms with Crippen molar-refractivity contribution in [3.05, 3.63) is 34.9 Å². The zero-order valence-corrected chi connectivity index (χ0v) is 11.9. The van der Waals surface area contributed by atoms with Crippen LogP contribution in [0.2, 0.25) is 0 Å². The summed E-state index contributed by atoms with van der Waals surface area (Å²) in [5.74, 6) is -0.252. The number of fused-ring (bicyclic) bond motifs is 1. The number of hydrogen-bond acceptors (Lipinski definition) is 2. The summed E-state index contributed by atoms with van der Waals surface area (Å²) in [4.78, 5) is 10.9. The molecule has 0 heterocycles. The Morgan fingerprint density at radius 2 is 1.95 bits per heavy atom. The fraction of sp³-hybridized carbons (Fsp3) is 0.562. The second kappa shape index (κ2) is 6.20. The Labute approximate surface area is 115 Å². The Kier molecular flexibility index (Phi) is 4.59. The first-order chi connectivity index (χ1) is 9.06. The van der Waals surface area contributed by atoms with Crippen molar-refractivity contribution in [1.29, 1.82) is 0 Å². The average molecular weight is 260 g/mol. The van der Waals surface area contributed by atoms with Gasteiger partial charge in [-0.15, -0.1) is 0 Å². The van der Waals surface area contributed by atoms with Crippen molar-refractivity contribution in [2.24, 2.45) is 5.73 Å². The van der Waals surface area contributed by atoms with E-state index >= 15 is 0 Å². The summed E-state index contributed by atoms with van der Waals surface area (Å²) < 4.78 is 0. The van der Waals surface area contributed by atoms with Crippen molar-refractivity contribution < 1.29 is 4.79 Å². The van der Waals surface area contributed by atoms with Crippen LogP contribution in [0.4, 0.5) is 0 Å². The number of rotatable bonds is 5. The van der Waals surface area contributed by atoms with E-state index in [-0.39, 0.29) is 18.0 Å². The molecule has 0 saturated heterocycles. The average Bonchev–Trinajstić information content (AvgIpc) is 2.37. The van der Waals surface area contributed by atoms with Crippen LogP contribution in [0.3, 0.4) is 0 Å². The number of carbonyl (C=O) groups is 1. The normalized spacial score (nSPS) is 17.6. The smallest absolute Gasteiger partial charge is 0.218 e. The molecule has 2 atom stereocenters. The highest BCUT2D eigenvalue weighted by Gasteiger charge is 2.14. The predicted molar refractivity (Wildman–Crippen MR) is 77.9 cm³/mol. The second-order valence-corrected chi connectivity index (χ2v) is 5.70. The van der Waals surface area contributed by atoms with Crippen LogP contribution in [0, 0.1) is 0 Å². The summed E-state index contributed by atoms with van der Waals surface area (Å²) in [5, 5.41) is 3.43. The molecular weight excluding hydrogens is 236 g/mol. The first kappa shape index (κ1) is 14.1. The molecule has 3 N–H and O–H groups in total. The lowest BCUT2D eigenvalue weighted by Crippen LogP contribution is -2.33. The van der Waals surface area contributed by atoms with Gasteiger partial charge in [-0.1, -0.05) is 18.2 Å². The molecule has 104 valence electrons. The van der Waals surface area contributed by atoms with Gasteiger partial charge in [-0.05, 0) is 56.2 Å². The van der Waals surface area contributed by atoms with Crippen LogP contribution in [0.15, 0.2) is 18.2 Å². The topological polar surface area (TPSA) is 55.1 Å². The molecule has 1 aromatic rings. The molecule has 3 nitrogen and oxygen atoms in total. The Hall–Kier alpha value is -1.35. The van der Waals surface area contributed by atoms with E-state index in [1.165, 1.54) is 42.4 Å². The standard InChI is InChI=1S/C16H24N2O/c1-11(9-16(17)19)18-12(2)14-8-7-13-5-3-4-6-15(13)10-14/h7-8,10-12,18H,3-6,9H2,1-2H3,(H2,17,19). The highest BCUT2D eigenvalue weighted by atomic mass is 16.1. The molecule has 0 spiro atoms. The summed E-state index contributed by atoms with van der Waals surface area (Å²) in [6.45, 7) is 4.14. The molecule has 3 heteroatoms. The third-order valence-electron chi connectivity index (χ3n) is 3.91. The van der Waals surface area contributed by atoms with Crippen molar-refractivity contribution in [2.75, 3.05) is 0 Å². The van der Waals surface area contributed by atoms with Crippen LogP contribution in [-0.2, 0) is 17.6 Å². The largest absolute Gasteiger partial charge is 0.370 e. The Morgan fingerprint density at radius 1 is 1.26 bits per heavy atom. The summed E-state index contributed by atoms with van der Waals surface area (Å²) in [7, 11) is 0. The van der Waals surface area contributed by atoms with Crippen molar-refractivity contribution >= 4 is 5.91 Å². The fourth-order valence-electron chi connectivity index (χ4n) is 2.91. The highest BCUT2D eigenvalue weighted by Crippen LogP contribution is 2.25. The molecule has 0 aromatic heterocycles. The van der Waals surface area contributed by atoms with E-state index in [1.54, 1.807) is 0 Å². The van der Waals surface area contributed by atoms with Crippen LogP contribution >= 0.6 is 0 Å². The molecule has 0 aliphatic heterocycles. The maximum Gasteiger partial charge on any atom is 0.218 e. The van der Waals surface area contributed by atoms with Gasteiger partial charge in [-0.25, -0.2) is 0 Å². The number of hydrogen-bond donors (Lipinski definition) is 2. The van der Waals surface area contributed by atoms with Gasteiger partial charge in [0.1, 0.15) is 0 Å². The minimum absolute atomic E-state index is 0.114. The van der Waals surface area contributed by atoms with E-state index in [4.69, 9.17) is 5.73 Å². The molecule has 1 aliphatic rings. The number of nitrogens with two attached hydrogens (primary N) is 1. The number of nitrogens with one attached hydrogen (secondary N) is 1. The molecule has 1 aliphatic carbocycles. The van der Waals surface area contributed by atoms with Gasteiger partial charge in [0.25, 0.3) is 0 Å². The van der Waals surface area contributed by atoms with Crippen LogP contribution < -0.4 is 11.1 Å². The monoisotopic (exact) mass is 260 g/mol. The van der Waals surface area contributed by atoms with Crippen molar-refractivity contribution in [3.8, 4) is 0 Å². The SMILES string of the molecule is CC(CC(N)=O)NC(C)c1ccc2c(c1)CCCC2. The Bertz CT molecular complexity index is 456. The third kappa shape index (κ3) is 3.80. The van der Waals surface area contributed by atoms with Crippen molar-refractivity contribution in [2.45, 2.75) is 58.0 Å². The number of amides is 1. The van der Waals surface area contributed by atoms with E-state index in [1.807, 2.05) is 6.92 Å². The minimum atomic E-state index is -0.252. The lowest BCUT2D eigenvalue weighted by molar-refractivity contribution is -0.118. The van der Waals surface area contributed by atoms with Gasteiger partial charge >= 0.3 is 0 Å². The lowest BCUT2D eigenvalue weighted by atomic mass is 9.89. The van der Waals surface area contributed by atoms with E-state index < -0.39 is 0 Å². The maximum atomic E-state index is 10.9. The maximum absolute atomic E-state index is 10.9. The minimum Gasteiger partial charge on any atom is -0.370 e. The number of benzene rings is 1. The lowest BCUT2D eigenvalue weighted by Gasteiger charge is -2.22. The summed E-state index contributed by atoms with van der Waals surface area (Å²) in [5.41, 5.74) is 9.53. The van der Waals surface area contributed by atoms with Gasteiger partial charge in [0.05, 0.1) is 0 Å². The van der Waals surface area contributed by atoms with E-state index in [2.05, 4.69) is 30.4 Å². The predicted octanol–water partition coefficient (Wildman–Crippen LogP) is 2.48. The van der Waals surface area contributed by atoms with E-state index in [9.17, 15) is 4.79 Å². The van der Waals surface area contributed by atoms with Crippen molar-refractivity contribution in [1.82, 2.24) is 5.32 Å². The zero-order valence-electron chi connectivity index (χ0n) is 11.9. The summed E-state index contributed by atoms with van der Waals surface area (Å²) in [6, 6.07) is 7.16. The van der Waals surface area contributed by atoms with Crippen LogP contribution in [0.5, 0.6) is 0 Å². The zero-order chi connectivity index (χ0) is 13.8. The first-order valence-electron chi connectivity index (χ1n) is 7.22. The van der Waals surface area contributed by atoms with Gasteiger partial charge in [-0.3, -0.25) is 4.79 Å². The summed E-state index contributed by atoms with van der Waals surface area (Å²) >= 11 is 0. The highest BCUT2D eigenvalue weighted by molar-refractivity contribution is 5.74. The third-order valence-corrected chi connectivity index (χ3v) is 3.91. The van der Waals surface area contributed by atoms with Gasteiger partial charge in [-0.2, -0.15) is 0 Å². The molecule has 1 aromatic carbocycles. The molecule has 2 unspecified atom stereocenters. The van der Waals surface area contributed by atoms with Gasteiger partial charge in [0.15, 0.2) is 0 Å². The molecule has 0 radical (unpaired) electrons. The number of aryl methyl sites for hydroxylation is 2. The molecule has 0 saturated carbocycles. The summed E-state index contributed by atoms with van der Waals surface area (Å²) in [6.07, 6.45) is 5.42. The fourth-order valence-corrected chi connectivity index (χ4v) is 2.91. The quantitative estimate of drug-likeness (QED) is 0.854. The Morgan fingerprint density at radius 3 is 2.63 bits per heavy atom. The van der Waals surface area contributed by atoms with Gasteiger partial charge in [0, 0.05) is 18.5 Å². The molecular formula is C16H24N2O. The Balaban J connectivity index is 2.02. The number of carbonyl (C=O) groups excluding carboxylic acids is 1. The molecule has 0 bridgehead atoms. The van der Waals surface area contributed by atoms with Gasteiger partial charge in [0.2, 0.25) is 5.91 Å². The van der Waals surface area contributed by atoms with Gasteiger partial charge < -0.3 is 11.1 Å². The van der Waals surface area contributed by atoms with Crippen LogP contribution in [0.1, 0.15) is 55.8 Å². The molecule has 2 rings (SSSR count). The number of primary amides is 1. The molecule has 0 fully saturated rings. The molecule has 1 amide bonds. The molecule has 19 heavy (non-hydrogen) atoms. The van der Waals surface area contributed by atoms with E-state index in [0.29, 0.717) is 6.42 Å². The van der Waals surface area contributed by atoms with Crippen LogP contribution in [-0.4, -0.2) is 11.9 Å². The van der Waals surface area contributed by atoms with Crippen molar-refractivity contribution in [3.63, 3.8) is 0 Å². The first-order valence-corrected chi connectivity index (χ1v) is 7.22.